The van der Waals surface area contributed by atoms with E-state index in [-0.39, 0.29) is 17.0 Å². The molecule has 3 heteroatoms. The van der Waals surface area contributed by atoms with Gasteiger partial charge in [-0.05, 0) is 31.9 Å². The second-order valence-electron chi connectivity index (χ2n) is 4.44. The number of rotatable bonds is 2. The largest absolute Gasteiger partial charge is 1.00 e. The SMILES string of the molecule is C#CC[n+]1ccn(-c2c(C)cc(C)cc2C)c1.[Br-]. The lowest BCUT2D eigenvalue weighted by atomic mass is 10.1. The van der Waals surface area contributed by atoms with E-state index in [0.29, 0.717) is 6.54 Å². The molecule has 0 spiro atoms. The van der Waals surface area contributed by atoms with Gasteiger partial charge in [-0.1, -0.05) is 23.6 Å². The fourth-order valence-electron chi connectivity index (χ4n) is 2.31. The van der Waals surface area contributed by atoms with Crippen LogP contribution in [0.5, 0.6) is 0 Å². The predicted octanol–water partition coefficient (Wildman–Crippen LogP) is -0.673. The summed E-state index contributed by atoms with van der Waals surface area (Å²) in [6.07, 6.45) is 11.4. The lowest BCUT2D eigenvalue weighted by Crippen LogP contribution is -3.00. The number of terminal acetylenes is 1. The first kappa shape index (κ1) is 14.5. The van der Waals surface area contributed by atoms with Gasteiger partial charge >= 0.3 is 0 Å². The quantitative estimate of drug-likeness (QED) is 0.514. The second-order valence-corrected chi connectivity index (χ2v) is 4.44. The van der Waals surface area contributed by atoms with Crippen LogP contribution in [0.4, 0.5) is 0 Å². The van der Waals surface area contributed by atoms with E-state index in [9.17, 15) is 0 Å². The molecule has 0 radical (unpaired) electrons. The monoisotopic (exact) mass is 304 g/mol. The predicted molar refractivity (Wildman–Crippen MR) is 69.0 cm³/mol. The van der Waals surface area contributed by atoms with Crippen molar-refractivity contribution in [2.75, 3.05) is 0 Å². The molecular formula is C15H17BrN2. The Morgan fingerprint density at radius 3 is 2.39 bits per heavy atom. The first-order valence-corrected chi connectivity index (χ1v) is 5.70. The van der Waals surface area contributed by atoms with Crippen molar-refractivity contribution in [2.24, 2.45) is 0 Å². The van der Waals surface area contributed by atoms with E-state index < -0.39 is 0 Å². The Morgan fingerprint density at radius 2 is 1.83 bits per heavy atom. The molecular weight excluding hydrogens is 288 g/mol. The van der Waals surface area contributed by atoms with Crippen LogP contribution in [0.1, 0.15) is 16.7 Å². The second kappa shape index (κ2) is 5.88. The Labute approximate surface area is 119 Å². The van der Waals surface area contributed by atoms with Crippen LogP contribution < -0.4 is 21.5 Å². The highest BCUT2D eigenvalue weighted by Gasteiger charge is 2.12. The molecule has 0 unspecified atom stereocenters. The molecule has 94 valence electrons. The van der Waals surface area contributed by atoms with E-state index >= 15 is 0 Å². The summed E-state index contributed by atoms with van der Waals surface area (Å²) in [5, 5.41) is 0. The van der Waals surface area contributed by atoms with Crippen LogP contribution in [0.2, 0.25) is 0 Å². The highest BCUT2D eigenvalue weighted by Crippen LogP contribution is 2.20. The third kappa shape index (κ3) is 2.83. The number of aryl methyl sites for hydroxylation is 3. The number of imidazole rings is 1. The molecule has 0 fully saturated rings. The summed E-state index contributed by atoms with van der Waals surface area (Å²) in [6, 6.07) is 4.40. The van der Waals surface area contributed by atoms with E-state index in [1.54, 1.807) is 0 Å². The first-order valence-electron chi connectivity index (χ1n) is 5.70. The molecule has 0 aliphatic heterocycles. The van der Waals surface area contributed by atoms with E-state index in [0.717, 1.165) is 0 Å². The maximum Gasteiger partial charge on any atom is 0.249 e. The number of benzene rings is 1. The molecule has 2 aromatic rings. The van der Waals surface area contributed by atoms with Gasteiger partial charge < -0.3 is 17.0 Å². The Bertz CT molecular complexity index is 568. The van der Waals surface area contributed by atoms with Gasteiger partial charge in [0.25, 0.3) is 0 Å². The molecule has 1 heterocycles. The van der Waals surface area contributed by atoms with Crippen molar-refractivity contribution in [2.45, 2.75) is 27.3 Å². The van der Waals surface area contributed by atoms with Crippen LogP contribution in [0, 0.1) is 33.1 Å². The van der Waals surface area contributed by atoms with Crippen LogP contribution in [0.25, 0.3) is 5.69 Å². The molecule has 0 atom stereocenters. The average Bonchev–Trinajstić information content (AvgIpc) is 2.65. The van der Waals surface area contributed by atoms with Crippen molar-refractivity contribution in [3.63, 3.8) is 0 Å². The molecule has 18 heavy (non-hydrogen) atoms. The van der Waals surface area contributed by atoms with Crippen molar-refractivity contribution in [3.05, 3.63) is 47.5 Å². The van der Waals surface area contributed by atoms with Gasteiger partial charge in [0.1, 0.15) is 18.1 Å². The van der Waals surface area contributed by atoms with Crippen LogP contribution in [0.15, 0.2) is 30.9 Å². The smallest absolute Gasteiger partial charge is 0.249 e. The average molecular weight is 305 g/mol. The van der Waals surface area contributed by atoms with Crippen molar-refractivity contribution in [1.82, 2.24) is 4.57 Å². The summed E-state index contributed by atoms with van der Waals surface area (Å²) in [4.78, 5) is 0. The highest BCUT2D eigenvalue weighted by molar-refractivity contribution is 5.48. The van der Waals surface area contributed by atoms with Gasteiger partial charge in [0, 0.05) is 0 Å². The summed E-state index contributed by atoms with van der Waals surface area (Å²) >= 11 is 0. The van der Waals surface area contributed by atoms with Gasteiger partial charge in [-0.2, -0.15) is 0 Å². The van der Waals surface area contributed by atoms with Crippen LogP contribution in [0.3, 0.4) is 0 Å². The van der Waals surface area contributed by atoms with E-state index in [1.165, 1.54) is 22.4 Å². The van der Waals surface area contributed by atoms with Crippen molar-refractivity contribution < 1.29 is 21.5 Å². The van der Waals surface area contributed by atoms with Crippen molar-refractivity contribution in [3.8, 4) is 18.0 Å². The molecule has 1 aromatic carbocycles. The van der Waals surface area contributed by atoms with E-state index in [1.807, 2.05) is 23.3 Å². The third-order valence-corrected chi connectivity index (χ3v) is 2.86. The minimum atomic E-state index is 0. The summed E-state index contributed by atoms with van der Waals surface area (Å²) in [7, 11) is 0. The maximum absolute atomic E-state index is 5.31. The van der Waals surface area contributed by atoms with Crippen molar-refractivity contribution >= 4 is 0 Å². The molecule has 0 saturated heterocycles. The summed E-state index contributed by atoms with van der Waals surface area (Å²) in [5.74, 6) is 2.64. The van der Waals surface area contributed by atoms with Gasteiger partial charge in [-0.15, -0.1) is 6.42 Å². The third-order valence-electron chi connectivity index (χ3n) is 2.86. The zero-order valence-electron chi connectivity index (χ0n) is 10.9. The molecule has 0 saturated carbocycles. The van der Waals surface area contributed by atoms with Gasteiger partial charge in [0.2, 0.25) is 6.33 Å². The molecule has 0 aliphatic rings. The highest BCUT2D eigenvalue weighted by atomic mass is 79.9. The summed E-state index contributed by atoms with van der Waals surface area (Å²) in [5.41, 5.74) is 5.11. The van der Waals surface area contributed by atoms with Crippen LogP contribution in [-0.4, -0.2) is 4.57 Å². The van der Waals surface area contributed by atoms with Gasteiger partial charge in [-0.25, -0.2) is 9.13 Å². The molecule has 0 amide bonds. The first-order chi connectivity index (χ1) is 8.11. The minimum absolute atomic E-state index is 0. The standard InChI is InChI=1S/C15H17N2.BrH/c1-5-6-16-7-8-17(11-16)15-13(3)9-12(2)10-14(15)4;/h1,7-11H,6H2,2-4H3;1H/q+1;/p-1. The van der Waals surface area contributed by atoms with Crippen LogP contribution >= 0.6 is 0 Å². The number of halogens is 1. The minimum Gasteiger partial charge on any atom is -1.00 e. The number of hydrogen-bond acceptors (Lipinski definition) is 0. The fourth-order valence-corrected chi connectivity index (χ4v) is 2.31. The molecule has 2 nitrogen and oxygen atoms in total. The number of aromatic nitrogens is 2. The molecule has 1 aromatic heterocycles. The molecule has 0 bridgehead atoms. The topological polar surface area (TPSA) is 8.81 Å². The number of hydrogen-bond donors (Lipinski definition) is 0. The van der Waals surface area contributed by atoms with Gasteiger partial charge in [-0.3, -0.25) is 0 Å². The number of nitrogens with zero attached hydrogens (tertiary/aromatic N) is 2. The normalized spacial score (nSPS) is 9.67. The lowest BCUT2D eigenvalue weighted by Gasteiger charge is -2.06. The maximum atomic E-state index is 5.31. The Morgan fingerprint density at radius 1 is 1.22 bits per heavy atom. The fraction of sp³-hybridized carbons (Fsp3) is 0.267. The lowest BCUT2D eigenvalue weighted by molar-refractivity contribution is -0.684. The van der Waals surface area contributed by atoms with Crippen LogP contribution in [-0.2, 0) is 6.54 Å². The molecule has 0 aliphatic carbocycles. The summed E-state index contributed by atoms with van der Waals surface area (Å²) in [6.45, 7) is 7.01. The Balaban J connectivity index is 0.00000162. The zero-order valence-corrected chi connectivity index (χ0v) is 12.5. The van der Waals surface area contributed by atoms with Gasteiger partial charge in [0.15, 0.2) is 6.54 Å². The van der Waals surface area contributed by atoms with E-state index in [4.69, 9.17) is 6.42 Å². The molecule has 0 N–H and O–H groups in total. The Kier molecular flexibility index (Phi) is 4.75. The zero-order chi connectivity index (χ0) is 12.4. The van der Waals surface area contributed by atoms with E-state index in [2.05, 4.69) is 43.4 Å². The summed E-state index contributed by atoms with van der Waals surface area (Å²) < 4.78 is 4.13. The van der Waals surface area contributed by atoms with Gasteiger partial charge in [0.05, 0.1) is 0 Å². The van der Waals surface area contributed by atoms with Crippen molar-refractivity contribution in [1.29, 1.82) is 0 Å². The molecule has 2 rings (SSSR count). The Hall–Kier alpha value is -1.53.